The summed E-state index contributed by atoms with van der Waals surface area (Å²) in [4.78, 5) is 11.0. The maximum absolute atomic E-state index is 12.7. The first-order valence-corrected chi connectivity index (χ1v) is 5.15. The maximum Gasteiger partial charge on any atom is 0.383 e. The third-order valence-corrected chi connectivity index (χ3v) is 2.32. The highest BCUT2D eigenvalue weighted by molar-refractivity contribution is 5.83. The number of hydrogen-bond donors (Lipinski definition) is 2. The van der Waals surface area contributed by atoms with Crippen molar-refractivity contribution in [2.75, 3.05) is 12.8 Å². The molecule has 4 nitrogen and oxygen atoms in total. The zero-order valence-electron chi connectivity index (χ0n) is 9.92. The highest BCUT2D eigenvalue weighted by Gasteiger charge is 2.48. The van der Waals surface area contributed by atoms with Gasteiger partial charge < -0.3 is 15.8 Å². The summed E-state index contributed by atoms with van der Waals surface area (Å²) in [6, 6.07) is 4.37. The first-order valence-electron chi connectivity index (χ1n) is 5.15. The van der Waals surface area contributed by atoms with Gasteiger partial charge >= 0.3 is 12.3 Å². The molecule has 0 aliphatic rings. The Bertz CT molecular complexity index is 466. The van der Waals surface area contributed by atoms with Crippen molar-refractivity contribution < 1.29 is 27.1 Å². The molecular weight excluding hydrogens is 268 g/mol. The van der Waals surface area contributed by atoms with Gasteiger partial charge in [-0.2, -0.15) is 8.78 Å². The molecule has 0 spiro atoms. The molecule has 1 amide bonds. The summed E-state index contributed by atoms with van der Waals surface area (Å²) >= 11 is 0. The number of alkyl halides is 4. The van der Waals surface area contributed by atoms with E-state index in [0.29, 0.717) is 17.0 Å². The molecule has 3 N–H and O–H groups in total. The van der Waals surface area contributed by atoms with E-state index >= 15 is 0 Å². The van der Waals surface area contributed by atoms with E-state index in [1.165, 1.54) is 25.3 Å². The van der Waals surface area contributed by atoms with Crippen LogP contribution in [0.5, 0.6) is 5.75 Å². The van der Waals surface area contributed by atoms with Crippen LogP contribution in [0.1, 0.15) is 5.56 Å². The predicted molar refractivity (Wildman–Crippen MR) is 60.2 cm³/mol. The van der Waals surface area contributed by atoms with Crippen molar-refractivity contribution in [3.8, 4) is 5.75 Å². The molecule has 0 unspecified atom stereocenters. The first kappa shape index (κ1) is 15.1. The van der Waals surface area contributed by atoms with Gasteiger partial charge in [-0.1, -0.05) is 0 Å². The lowest BCUT2D eigenvalue weighted by molar-refractivity contribution is -0.169. The second-order valence-electron chi connectivity index (χ2n) is 3.68. The number of amides is 1. The van der Waals surface area contributed by atoms with E-state index in [1.807, 2.05) is 0 Å². The minimum absolute atomic E-state index is 0.301. The summed E-state index contributed by atoms with van der Waals surface area (Å²) in [6.45, 7) is -0.393. The molecule has 0 bridgehead atoms. The highest BCUT2D eigenvalue weighted by Crippen LogP contribution is 2.24. The lowest BCUT2D eigenvalue weighted by Gasteiger charge is -2.16. The van der Waals surface area contributed by atoms with Crippen LogP contribution in [-0.4, -0.2) is 25.4 Å². The van der Waals surface area contributed by atoms with Crippen LogP contribution in [0.3, 0.4) is 0 Å². The lowest BCUT2D eigenvalue weighted by Crippen LogP contribution is -2.44. The van der Waals surface area contributed by atoms with Gasteiger partial charge in [-0.05, 0) is 18.2 Å². The predicted octanol–water partition coefficient (Wildman–Crippen LogP) is 1.79. The summed E-state index contributed by atoms with van der Waals surface area (Å²) in [6.07, 6.45) is -4.06. The van der Waals surface area contributed by atoms with Crippen molar-refractivity contribution in [3.63, 3.8) is 0 Å². The Morgan fingerprint density at radius 1 is 1.47 bits per heavy atom. The van der Waals surface area contributed by atoms with Gasteiger partial charge in [0.2, 0.25) is 0 Å². The van der Waals surface area contributed by atoms with Gasteiger partial charge in [-0.3, -0.25) is 4.79 Å². The van der Waals surface area contributed by atoms with Gasteiger partial charge in [-0.15, -0.1) is 0 Å². The van der Waals surface area contributed by atoms with Gasteiger partial charge in [0.25, 0.3) is 5.91 Å². The highest BCUT2D eigenvalue weighted by atomic mass is 19.3. The Kier molecular flexibility index (Phi) is 4.57. The van der Waals surface area contributed by atoms with Crippen LogP contribution in [0.4, 0.5) is 23.2 Å². The SMILES string of the molecule is COc1ccc(N)cc1CNC(=O)C(F)(F)C(F)F. The number of anilines is 1. The van der Waals surface area contributed by atoms with Crippen LogP contribution in [0.25, 0.3) is 0 Å². The summed E-state index contributed by atoms with van der Waals surface area (Å²) < 4.78 is 54.2. The number of nitrogen functional groups attached to an aromatic ring is 1. The number of carbonyl (C=O) groups excluding carboxylic acids is 1. The molecule has 0 aliphatic heterocycles. The molecular formula is C11H12F4N2O2. The Hall–Kier alpha value is -1.99. The molecule has 0 atom stereocenters. The molecule has 1 aromatic rings. The van der Waals surface area contributed by atoms with Gasteiger partial charge in [0.1, 0.15) is 5.75 Å². The number of ether oxygens (including phenoxy) is 1. The quantitative estimate of drug-likeness (QED) is 0.638. The van der Waals surface area contributed by atoms with Crippen LogP contribution in [-0.2, 0) is 11.3 Å². The third-order valence-electron chi connectivity index (χ3n) is 2.32. The van der Waals surface area contributed by atoms with Crippen LogP contribution >= 0.6 is 0 Å². The van der Waals surface area contributed by atoms with E-state index in [0.717, 1.165) is 0 Å². The molecule has 1 aromatic carbocycles. The van der Waals surface area contributed by atoms with Gasteiger partial charge in [0.15, 0.2) is 0 Å². The fourth-order valence-corrected chi connectivity index (χ4v) is 1.33. The Morgan fingerprint density at radius 2 is 2.11 bits per heavy atom. The van der Waals surface area contributed by atoms with Crippen molar-refractivity contribution >= 4 is 11.6 Å². The fraction of sp³-hybridized carbons (Fsp3) is 0.364. The normalized spacial score (nSPS) is 11.5. The minimum atomic E-state index is -4.73. The second-order valence-corrected chi connectivity index (χ2v) is 3.68. The molecule has 0 aromatic heterocycles. The van der Waals surface area contributed by atoms with E-state index < -0.39 is 24.8 Å². The Labute approximate surface area is 106 Å². The zero-order chi connectivity index (χ0) is 14.6. The molecule has 0 heterocycles. The van der Waals surface area contributed by atoms with E-state index in [9.17, 15) is 22.4 Å². The number of methoxy groups -OCH3 is 1. The summed E-state index contributed by atoms with van der Waals surface area (Å²) in [5.74, 6) is -6.48. The number of hydrogen-bond acceptors (Lipinski definition) is 3. The molecule has 19 heavy (non-hydrogen) atoms. The number of nitrogens with one attached hydrogen (secondary N) is 1. The average molecular weight is 280 g/mol. The van der Waals surface area contributed by atoms with Gasteiger partial charge in [0, 0.05) is 17.8 Å². The molecule has 8 heteroatoms. The molecule has 0 aliphatic carbocycles. The minimum Gasteiger partial charge on any atom is -0.496 e. The summed E-state index contributed by atoms with van der Waals surface area (Å²) in [5.41, 5.74) is 6.12. The number of benzene rings is 1. The number of rotatable bonds is 5. The maximum atomic E-state index is 12.7. The molecule has 1 rings (SSSR count). The topological polar surface area (TPSA) is 64.3 Å². The van der Waals surface area contributed by atoms with Crippen LogP contribution in [0.15, 0.2) is 18.2 Å². The fourth-order valence-electron chi connectivity index (χ4n) is 1.33. The van der Waals surface area contributed by atoms with Crippen LogP contribution in [0.2, 0.25) is 0 Å². The standard InChI is InChI=1S/C11H12F4N2O2/c1-19-8-3-2-7(16)4-6(8)5-17-10(18)11(14,15)9(12)13/h2-4,9H,5,16H2,1H3,(H,17,18). The van der Waals surface area contributed by atoms with Crippen molar-refractivity contribution in [2.24, 2.45) is 0 Å². The van der Waals surface area contributed by atoms with Gasteiger partial charge in [-0.25, -0.2) is 8.78 Å². The zero-order valence-corrected chi connectivity index (χ0v) is 9.92. The van der Waals surface area contributed by atoms with Crippen molar-refractivity contribution in [1.29, 1.82) is 0 Å². The van der Waals surface area contributed by atoms with Crippen molar-refractivity contribution in [1.82, 2.24) is 5.32 Å². The number of nitrogens with two attached hydrogens (primary N) is 1. The van der Waals surface area contributed by atoms with Crippen molar-refractivity contribution in [3.05, 3.63) is 23.8 Å². The van der Waals surface area contributed by atoms with Crippen LogP contribution < -0.4 is 15.8 Å². The summed E-state index contributed by atoms with van der Waals surface area (Å²) in [7, 11) is 1.34. The lowest BCUT2D eigenvalue weighted by atomic mass is 10.1. The molecule has 0 saturated carbocycles. The monoisotopic (exact) mass is 280 g/mol. The Balaban J connectivity index is 2.77. The second kappa shape index (κ2) is 5.77. The van der Waals surface area contributed by atoms with E-state index in [-0.39, 0.29) is 0 Å². The van der Waals surface area contributed by atoms with Crippen LogP contribution in [0, 0.1) is 0 Å². The van der Waals surface area contributed by atoms with Gasteiger partial charge in [0.05, 0.1) is 7.11 Å². The summed E-state index contributed by atoms with van der Waals surface area (Å²) in [5, 5.41) is 1.72. The van der Waals surface area contributed by atoms with E-state index in [1.54, 1.807) is 5.32 Å². The Morgan fingerprint density at radius 3 is 2.63 bits per heavy atom. The smallest absolute Gasteiger partial charge is 0.383 e. The first-order chi connectivity index (χ1) is 8.78. The van der Waals surface area contributed by atoms with E-state index in [2.05, 4.69) is 0 Å². The molecule has 106 valence electrons. The molecule has 0 fully saturated rings. The number of carbonyl (C=O) groups is 1. The largest absolute Gasteiger partial charge is 0.496 e. The van der Waals surface area contributed by atoms with E-state index in [4.69, 9.17) is 10.5 Å². The number of halogens is 4. The van der Waals surface area contributed by atoms with Crippen molar-refractivity contribution in [2.45, 2.75) is 18.9 Å². The average Bonchev–Trinajstić information content (AvgIpc) is 2.35. The molecule has 0 radical (unpaired) electrons. The third kappa shape index (κ3) is 3.49. The molecule has 0 saturated heterocycles.